The van der Waals surface area contributed by atoms with Gasteiger partial charge in [0, 0.05) is 45.8 Å². The molecule has 0 aromatic heterocycles. The van der Waals surface area contributed by atoms with Gasteiger partial charge in [0.25, 0.3) is 0 Å². The summed E-state index contributed by atoms with van der Waals surface area (Å²) in [4.78, 5) is 11.5. The molecular weight excluding hydrogens is 286 g/mol. The van der Waals surface area contributed by atoms with Gasteiger partial charge in [0.2, 0.25) is 0 Å². The number of aliphatic imine (C=N–C) groups is 1. The Bertz CT molecular complexity index is 527. The number of rotatable bonds is 5. The number of nitrogens with two attached hydrogens (primary N) is 1. The van der Waals surface area contributed by atoms with Crippen molar-refractivity contribution in [2.45, 2.75) is 32.0 Å². The van der Waals surface area contributed by atoms with Crippen LogP contribution in [0.15, 0.2) is 29.3 Å². The SMILES string of the molecule is CN1CCN(Cc2ccc(CN=C(N)N(C)C3CC3)cc2)CC1. The Kier molecular flexibility index (Phi) is 5.18. The molecule has 2 aliphatic rings. The fourth-order valence-electron chi connectivity index (χ4n) is 2.95. The second-order valence-electron chi connectivity index (χ2n) is 6.91. The standard InChI is InChI=1S/C18H29N5/c1-21-9-11-23(12-10-21)14-16-5-3-15(4-6-16)13-20-18(19)22(2)17-7-8-17/h3-6,17H,7-14H2,1-2H3,(H2,19,20). The molecule has 5 nitrogen and oxygen atoms in total. The van der Waals surface area contributed by atoms with Gasteiger partial charge in [0.15, 0.2) is 5.96 Å². The van der Waals surface area contributed by atoms with Gasteiger partial charge < -0.3 is 15.5 Å². The van der Waals surface area contributed by atoms with Gasteiger partial charge >= 0.3 is 0 Å². The van der Waals surface area contributed by atoms with Gasteiger partial charge in [-0.1, -0.05) is 24.3 Å². The molecule has 1 saturated heterocycles. The molecule has 0 radical (unpaired) electrons. The van der Waals surface area contributed by atoms with Crippen molar-refractivity contribution < 1.29 is 0 Å². The molecule has 23 heavy (non-hydrogen) atoms. The van der Waals surface area contributed by atoms with E-state index in [-0.39, 0.29) is 0 Å². The number of likely N-dealkylation sites (N-methyl/N-ethyl adjacent to an activating group) is 1. The van der Waals surface area contributed by atoms with Crippen LogP contribution in [0, 0.1) is 0 Å². The molecule has 0 spiro atoms. The zero-order chi connectivity index (χ0) is 16.2. The van der Waals surface area contributed by atoms with Gasteiger partial charge in [-0.15, -0.1) is 0 Å². The number of guanidine groups is 1. The molecule has 1 heterocycles. The van der Waals surface area contributed by atoms with Crippen molar-refractivity contribution in [2.75, 3.05) is 40.3 Å². The summed E-state index contributed by atoms with van der Waals surface area (Å²) in [7, 11) is 4.23. The zero-order valence-electron chi connectivity index (χ0n) is 14.4. The Balaban J connectivity index is 1.49. The van der Waals surface area contributed by atoms with E-state index in [1.54, 1.807) is 0 Å². The first-order valence-corrected chi connectivity index (χ1v) is 8.63. The lowest BCUT2D eigenvalue weighted by Crippen LogP contribution is -2.43. The molecule has 2 fully saturated rings. The third-order valence-electron chi connectivity index (χ3n) is 4.90. The molecule has 0 atom stereocenters. The van der Waals surface area contributed by atoms with E-state index < -0.39 is 0 Å². The summed E-state index contributed by atoms with van der Waals surface area (Å²) >= 11 is 0. The average Bonchev–Trinajstić information content (AvgIpc) is 3.40. The summed E-state index contributed by atoms with van der Waals surface area (Å²) < 4.78 is 0. The van der Waals surface area contributed by atoms with Crippen LogP contribution >= 0.6 is 0 Å². The molecule has 0 bridgehead atoms. The third kappa shape index (κ3) is 4.69. The van der Waals surface area contributed by atoms with Crippen LogP contribution in [0.1, 0.15) is 24.0 Å². The first-order valence-electron chi connectivity index (χ1n) is 8.63. The molecule has 1 aliphatic heterocycles. The second-order valence-corrected chi connectivity index (χ2v) is 6.91. The fraction of sp³-hybridized carbons (Fsp3) is 0.611. The summed E-state index contributed by atoms with van der Waals surface area (Å²) in [6, 6.07) is 9.43. The molecule has 2 N–H and O–H groups in total. The lowest BCUT2D eigenvalue weighted by molar-refractivity contribution is 0.148. The van der Waals surface area contributed by atoms with Crippen LogP contribution in [0.2, 0.25) is 0 Å². The number of piperazine rings is 1. The predicted octanol–water partition coefficient (Wildman–Crippen LogP) is 1.34. The lowest BCUT2D eigenvalue weighted by Gasteiger charge is -2.32. The summed E-state index contributed by atoms with van der Waals surface area (Å²) in [6.07, 6.45) is 2.49. The monoisotopic (exact) mass is 315 g/mol. The van der Waals surface area contributed by atoms with Gasteiger partial charge in [-0.05, 0) is 31.0 Å². The van der Waals surface area contributed by atoms with E-state index in [9.17, 15) is 0 Å². The molecule has 1 aliphatic carbocycles. The summed E-state index contributed by atoms with van der Waals surface area (Å²) in [6.45, 7) is 6.36. The Morgan fingerprint density at radius 3 is 2.35 bits per heavy atom. The minimum Gasteiger partial charge on any atom is -0.370 e. The van der Waals surface area contributed by atoms with E-state index in [1.165, 1.54) is 37.1 Å². The molecule has 5 heteroatoms. The molecule has 0 unspecified atom stereocenters. The number of benzene rings is 1. The van der Waals surface area contributed by atoms with Crippen molar-refractivity contribution in [3.05, 3.63) is 35.4 Å². The quantitative estimate of drug-likeness (QED) is 0.658. The number of nitrogens with zero attached hydrogens (tertiary/aromatic N) is 4. The van der Waals surface area contributed by atoms with Crippen molar-refractivity contribution in [3.63, 3.8) is 0 Å². The van der Waals surface area contributed by atoms with Crippen LogP contribution in [0.25, 0.3) is 0 Å². The van der Waals surface area contributed by atoms with Crippen molar-refractivity contribution in [3.8, 4) is 0 Å². The zero-order valence-corrected chi connectivity index (χ0v) is 14.4. The molecule has 1 aromatic carbocycles. The Labute approximate surface area is 139 Å². The maximum absolute atomic E-state index is 6.04. The van der Waals surface area contributed by atoms with Crippen LogP contribution in [0.4, 0.5) is 0 Å². The van der Waals surface area contributed by atoms with E-state index in [1.807, 2.05) is 7.05 Å². The van der Waals surface area contributed by atoms with E-state index >= 15 is 0 Å². The molecular formula is C18H29N5. The Hall–Kier alpha value is -1.59. The van der Waals surface area contributed by atoms with E-state index in [0.29, 0.717) is 18.5 Å². The van der Waals surface area contributed by atoms with Gasteiger partial charge in [-0.2, -0.15) is 0 Å². The van der Waals surface area contributed by atoms with Crippen molar-refractivity contribution >= 4 is 5.96 Å². The first kappa shape index (κ1) is 16.3. The molecule has 1 aromatic rings. The smallest absolute Gasteiger partial charge is 0.191 e. The maximum atomic E-state index is 6.04. The lowest BCUT2D eigenvalue weighted by atomic mass is 10.1. The summed E-state index contributed by atoms with van der Waals surface area (Å²) in [5, 5.41) is 0. The van der Waals surface area contributed by atoms with E-state index in [4.69, 9.17) is 5.73 Å². The predicted molar refractivity (Wildman–Crippen MR) is 95.3 cm³/mol. The van der Waals surface area contributed by atoms with Crippen molar-refractivity contribution in [1.82, 2.24) is 14.7 Å². The third-order valence-corrected chi connectivity index (χ3v) is 4.90. The molecule has 126 valence electrons. The normalized spacial score (nSPS) is 20.7. The second kappa shape index (κ2) is 7.32. The maximum Gasteiger partial charge on any atom is 0.191 e. The first-order chi connectivity index (χ1) is 11.1. The van der Waals surface area contributed by atoms with Gasteiger partial charge in [-0.3, -0.25) is 4.90 Å². The molecule has 3 rings (SSSR count). The minimum atomic E-state index is 0.615. The highest BCUT2D eigenvalue weighted by Crippen LogP contribution is 2.24. The fourth-order valence-corrected chi connectivity index (χ4v) is 2.95. The van der Waals surface area contributed by atoms with E-state index in [2.05, 4.69) is 51.0 Å². The van der Waals surface area contributed by atoms with Gasteiger partial charge in [-0.25, -0.2) is 4.99 Å². The van der Waals surface area contributed by atoms with Crippen LogP contribution in [0.3, 0.4) is 0 Å². The summed E-state index contributed by atoms with van der Waals surface area (Å²) in [5.74, 6) is 0.661. The van der Waals surface area contributed by atoms with Crippen LogP contribution in [-0.4, -0.2) is 67.0 Å². The highest BCUT2D eigenvalue weighted by Gasteiger charge is 2.27. The largest absolute Gasteiger partial charge is 0.370 e. The molecule has 1 saturated carbocycles. The van der Waals surface area contributed by atoms with Crippen molar-refractivity contribution in [2.24, 2.45) is 10.7 Å². The van der Waals surface area contributed by atoms with Gasteiger partial charge in [0.05, 0.1) is 6.54 Å². The Morgan fingerprint density at radius 2 is 1.74 bits per heavy atom. The van der Waals surface area contributed by atoms with Crippen LogP contribution in [-0.2, 0) is 13.1 Å². The van der Waals surface area contributed by atoms with Crippen LogP contribution < -0.4 is 5.73 Å². The van der Waals surface area contributed by atoms with E-state index in [0.717, 1.165) is 19.6 Å². The number of hydrogen-bond donors (Lipinski definition) is 1. The van der Waals surface area contributed by atoms with Crippen LogP contribution in [0.5, 0.6) is 0 Å². The van der Waals surface area contributed by atoms with Crippen molar-refractivity contribution in [1.29, 1.82) is 0 Å². The highest BCUT2D eigenvalue weighted by molar-refractivity contribution is 5.78. The topological polar surface area (TPSA) is 48.1 Å². The minimum absolute atomic E-state index is 0.615. The number of hydrogen-bond acceptors (Lipinski definition) is 3. The summed E-state index contributed by atoms with van der Waals surface area (Å²) in [5.41, 5.74) is 8.64. The highest BCUT2D eigenvalue weighted by atomic mass is 15.3. The Morgan fingerprint density at radius 1 is 1.13 bits per heavy atom. The van der Waals surface area contributed by atoms with Gasteiger partial charge in [0.1, 0.15) is 0 Å². The molecule has 0 amide bonds. The average molecular weight is 315 g/mol.